The van der Waals surface area contributed by atoms with E-state index >= 15 is 0 Å². The van der Waals surface area contributed by atoms with Gasteiger partial charge in [-0.3, -0.25) is 4.79 Å². The fourth-order valence-corrected chi connectivity index (χ4v) is 2.63. The third-order valence-corrected chi connectivity index (χ3v) is 3.98. The lowest BCUT2D eigenvalue weighted by Crippen LogP contribution is -2.33. The van der Waals surface area contributed by atoms with Gasteiger partial charge in [0.25, 0.3) is 5.91 Å². The van der Waals surface area contributed by atoms with Gasteiger partial charge >= 0.3 is 0 Å². The molecule has 0 spiro atoms. The molecule has 1 aliphatic rings. The van der Waals surface area contributed by atoms with Gasteiger partial charge in [-0.2, -0.15) is 0 Å². The lowest BCUT2D eigenvalue weighted by molar-refractivity contribution is 0.0318. The molecule has 1 aromatic carbocycles. The van der Waals surface area contributed by atoms with Crippen LogP contribution in [0, 0.1) is 0 Å². The zero-order valence-corrected chi connectivity index (χ0v) is 13.3. The number of piperidine rings is 1. The lowest BCUT2D eigenvalue weighted by Gasteiger charge is -2.22. The number of amides is 1. The Morgan fingerprint density at radius 1 is 1.33 bits per heavy atom. The standard InChI is InChI=1S/C15H20Cl2N2O2/c16-11-2-3-14(17)13(10-11)15(20)19-6-1-9-21-12-4-7-18-8-5-12/h2-3,10,12,18H,1,4-9H2,(H,19,20). The average molecular weight is 331 g/mol. The second kappa shape index (κ2) is 8.59. The van der Waals surface area contributed by atoms with Gasteiger partial charge in [-0.05, 0) is 50.6 Å². The SMILES string of the molecule is O=C(NCCCOC1CCNCC1)c1cc(Cl)ccc1Cl. The number of halogens is 2. The fourth-order valence-electron chi connectivity index (χ4n) is 2.25. The molecule has 0 saturated carbocycles. The number of ether oxygens (including phenoxy) is 1. The highest BCUT2D eigenvalue weighted by Gasteiger charge is 2.13. The highest BCUT2D eigenvalue weighted by Crippen LogP contribution is 2.20. The Morgan fingerprint density at radius 2 is 2.10 bits per heavy atom. The molecule has 0 aromatic heterocycles. The van der Waals surface area contributed by atoms with Crippen LogP contribution in [0.1, 0.15) is 29.6 Å². The normalized spacial score (nSPS) is 15.9. The van der Waals surface area contributed by atoms with E-state index in [1.807, 2.05) is 0 Å². The van der Waals surface area contributed by atoms with Crippen LogP contribution in [0.15, 0.2) is 18.2 Å². The summed E-state index contributed by atoms with van der Waals surface area (Å²) in [6, 6.07) is 4.86. The molecule has 1 aromatic rings. The lowest BCUT2D eigenvalue weighted by atomic mass is 10.1. The number of carbonyl (C=O) groups excluding carboxylic acids is 1. The van der Waals surface area contributed by atoms with Crippen LogP contribution >= 0.6 is 23.2 Å². The Hall–Kier alpha value is -0.810. The van der Waals surface area contributed by atoms with Gasteiger partial charge in [0.05, 0.1) is 16.7 Å². The number of hydrogen-bond donors (Lipinski definition) is 2. The summed E-state index contributed by atoms with van der Waals surface area (Å²) >= 11 is 11.8. The number of hydrogen-bond acceptors (Lipinski definition) is 3. The molecule has 4 nitrogen and oxygen atoms in total. The van der Waals surface area contributed by atoms with E-state index in [0.29, 0.717) is 34.9 Å². The maximum atomic E-state index is 12.0. The Balaban J connectivity index is 1.66. The minimum Gasteiger partial charge on any atom is -0.378 e. The summed E-state index contributed by atoms with van der Waals surface area (Å²) in [6.07, 6.45) is 3.26. The minimum atomic E-state index is -0.204. The van der Waals surface area contributed by atoms with E-state index in [1.54, 1.807) is 18.2 Å². The monoisotopic (exact) mass is 330 g/mol. The van der Waals surface area contributed by atoms with Crippen LogP contribution in [-0.4, -0.2) is 38.3 Å². The van der Waals surface area contributed by atoms with Gasteiger partial charge in [-0.25, -0.2) is 0 Å². The number of nitrogens with one attached hydrogen (secondary N) is 2. The van der Waals surface area contributed by atoms with Crippen LogP contribution in [0.5, 0.6) is 0 Å². The van der Waals surface area contributed by atoms with Crippen molar-refractivity contribution in [1.82, 2.24) is 10.6 Å². The van der Waals surface area contributed by atoms with Crippen molar-refractivity contribution < 1.29 is 9.53 Å². The number of carbonyl (C=O) groups is 1. The average Bonchev–Trinajstić information content (AvgIpc) is 2.50. The molecule has 0 bridgehead atoms. The van der Waals surface area contributed by atoms with Crippen LogP contribution in [0.25, 0.3) is 0 Å². The first-order chi connectivity index (χ1) is 10.2. The molecule has 0 radical (unpaired) electrons. The first-order valence-corrected chi connectivity index (χ1v) is 7.98. The van der Waals surface area contributed by atoms with Gasteiger partial charge in [0, 0.05) is 18.2 Å². The van der Waals surface area contributed by atoms with Crippen LogP contribution in [0.2, 0.25) is 10.0 Å². The predicted octanol–water partition coefficient (Wildman–Crippen LogP) is 2.88. The first-order valence-electron chi connectivity index (χ1n) is 7.22. The van der Waals surface area contributed by atoms with Crippen molar-refractivity contribution in [2.24, 2.45) is 0 Å². The Bertz CT molecular complexity index is 477. The molecule has 1 saturated heterocycles. The van der Waals surface area contributed by atoms with E-state index < -0.39 is 0 Å². The zero-order valence-electron chi connectivity index (χ0n) is 11.8. The summed E-state index contributed by atoms with van der Waals surface area (Å²) in [5.41, 5.74) is 0.406. The van der Waals surface area contributed by atoms with E-state index in [-0.39, 0.29) is 5.91 Å². The maximum Gasteiger partial charge on any atom is 0.252 e. The van der Waals surface area contributed by atoms with Gasteiger partial charge in [0.15, 0.2) is 0 Å². The Labute approximate surface area is 135 Å². The minimum absolute atomic E-state index is 0.204. The summed E-state index contributed by atoms with van der Waals surface area (Å²) in [5, 5.41) is 7.03. The third-order valence-electron chi connectivity index (χ3n) is 3.42. The van der Waals surface area contributed by atoms with Gasteiger partial charge in [0.1, 0.15) is 0 Å². The summed E-state index contributed by atoms with van der Waals surface area (Å²) in [5.74, 6) is -0.204. The first kappa shape index (κ1) is 16.6. The van der Waals surface area contributed by atoms with Gasteiger partial charge in [0.2, 0.25) is 0 Å². The topological polar surface area (TPSA) is 50.4 Å². The quantitative estimate of drug-likeness (QED) is 0.788. The van der Waals surface area contributed by atoms with E-state index in [0.717, 1.165) is 32.4 Å². The van der Waals surface area contributed by atoms with E-state index in [2.05, 4.69) is 10.6 Å². The molecule has 1 fully saturated rings. The summed E-state index contributed by atoms with van der Waals surface area (Å²) in [4.78, 5) is 12.0. The molecule has 116 valence electrons. The molecule has 1 amide bonds. The molecule has 0 aliphatic carbocycles. The Kier molecular flexibility index (Phi) is 6.77. The van der Waals surface area contributed by atoms with Gasteiger partial charge < -0.3 is 15.4 Å². The molecule has 2 N–H and O–H groups in total. The van der Waals surface area contributed by atoms with Crippen LogP contribution < -0.4 is 10.6 Å². The van der Waals surface area contributed by atoms with E-state index in [4.69, 9.17) is 27.9 Å². The van der Waals surface area contributed by atoms with Gasteiger partial charge in [-0.15, -0.1) is 0 Å². The summed E-state index contributed by atoms with van der Waals surface area (Å²) in [7, 11) is 0. The molecule has 0 unspecified atom stereocenters. The molecule has 6 heteroatoms. The van der Waals surface area contributed by atoms with Crippen molar-refractivity contribution in [3.8, 4) is 0 Å². The molecular formula is C15H20Cl2N2O2. The molecule has 1 aliphatic heterocycles. The van der Waals surface area contributed by atoms with Crippen molar-refractivity contribution >= 4 is 29.1 Å². The largest absolute Gasteiger partial charge is 0.378 e. The molecule has 21 heavy (non-hydrogen) atoms. The maximum absolute atomic E-state index is 12.0. The van der Waals surface area contributed by atoms with Crippen molar-refractivity contribution in [3.63, 3.8) is 0 Å². The van der Waals surface area contributed by atoms with Crippen molar-refractivity contribution in [1.29, 1.82) is 0 Å². The van der Waals surface area contributed by atoms with Crippen molar-refractivity contribution in [3.05, 3.63) is 33.8 Å². The van der Waals surface area contributed by atoms with Crippen LogP contribution in [0.3, 0.4) is 0 Å². The van der Waals surface area contributed by atoms with E-state index in [1.165, 1.54) is 0 Å². The molecule has 1 heterocycles. The highest BCUT2D eigenvalue weighted by molar-refractivity contribution is 6.35. The molecular weight excluding hydrogens is 311 g/mol. The Morgan fingerprint density at radius 3 is 2.86 bits per heavy atom. The predicted molar refractivity (Wildman–Crippen MR) is 85.3 cm³/mol. The second-order valence-corrected chi connectivity index (χ2v) is 5.90. The van der Waals surface area contributed by atoms with E-state index in [9.17, 15) is 4.79 Å². The van der Waals surface area contributed by atoms with Crippen molar-refractivity contribution in [2.45, 2.75) is 25.4 Å². The van der Waals surface area contributed by atoms with Crippen LogP contribution in [0.4, 0.5) is 0 Å². The number of rotatable bonds is 6. The van der Waals surface area contributed by atoms with Crippen LogP contribution in [-0.2, 0) is 4.74 Å². The zero-order chi connectivity index (χ0) is 15.1. The summed E-state index contributed by atoms with van der Waals surface area (Å²) < 4.78 is 5.77. The molecule has 0 atom stereocenters. The highest BCUT2D eigenvalue weighted by atomic mass is 35.5. The second-order valence-electron chi connectivity index (χ2n) is 5.05. The third kappa shape index (κ3) is 5.47. The van der Waals surface area contributed by atoms with Crippen molar-refractivity contribution in [2.75, 3.05) is 26.2 Å². The van der Waals surface area contributed by atoms with Gasteiger partial charge in [-0.1, -0.05) is 23.2 Å². The molecule has 2 rings (SSSR count). The smallest absolute Gasteiger partial charge is 0.252 e. The number of benzene rings is 1. The summed E-state index contributed by atoms with van der Waals surface area (Å²) in [6.45, 7) is 3.27. The fraction of sp³-hybridized carbons (Fsp3) is 0.533.